The smallest absolute Gasteiger partial charge is 0.303 e. The molecule has 2 aromatic rings. The number of aromatic nitrogens is 2. The van der Waals surface area contributed by atoms with E-state index in [1.54, 1.807) is 36.8 Å². The molecule has 0 spiro atoms. The number of carbonyl (C=O) groups is 3. The van der Waals surface area contributed by atoms with Crippen LogP contribution in [0, 0.1) is 0 Å². The molecule has 0 unspecified atom stereocenters. The lowest BCUT2D eigenvalue weighted by atomic mass is 10.1. The summed E-state index contributed by atoms with van der Waals surface area (Å²) in [6.07, 6.45) is 2.18. The molecule has 2 aromatic heterocycles. The Morgan fingerprint density at radius 3 is 2.32 bits per heavy atom. The van der Waals surface area contributed by atoms with Crippen LogP contribution in [0.5, 0.6) is 5.75 Å². The fourth-order valence-electron chi connectivity index (χ4n) is 3.10. The SMILES string of the molecule is CC(=O)O[C@@H]1[C@@H](OC(C)=O)[C@@H](Oc2ccnc(-c3cccnc3)c2)SC[C@H]1OC(C)=O. The van der Waals surface area contributed by atoms with E-state index in [4.69, 9.17) is 18.9 Å². The molecular weight excluding hydrogens is 424 g/mol. The summed E-state index contributed by atoms with van der Waals surface area (Å²) < 4.78 is 22.2. The van der Waals surface area contributed by atoms with Gasteiger partial charge in [-0.15, -0.1) is 11.8 Å². The van der Waals surface area contributed by atoms with Crippen molar-refractivity contribution in [3.63, 3.8) is 0 Å². The number of thioether (sulfide) groups is 1. The summed E-state index contributed by atoms with van der Waals surface area (Å²) in [5, 5.41) is 0. The van der Waals surface area contributed by atoms with Gasteiger partial charge in [0.25, 0.3) is 0 Å². The third-order valence-corrected chi connectivity index (χ3v) is 5.46. The van der Waals surface area contributed by atoms with Crippen molar-refractivity contribution in [1.82, 2.24) is 9.97 Å². The molecule has 0 radical (unpaired) electrons. The monoisotopic (exact) mass is 446 g/mol. The summed E-state index contributed by atoms with van der Waals surface area (Å²) >= 11 is 1.29. The first-order valence-corrected chi connectivity index (χ1v) is 10.5. The Balaban J connectivity index is 1.86. The van der Waals surface area contributed by atoms with Crippen molar-refractivity contribution >= 4 is 29.7 Å². The van der Waals surface area contributed by atoms with E-state index in [1.807, 2.05) is 6.07 Å². The van der Waals surface area contributed by atoms with Crippen LogP contribution in [0.1, 0.15) is 20.8 Å². The average molecular weight is 446 g/mol. The first kappa shape index (κ1) is 22.5. The summed E-state index contributed by atoms with van der Waals surface area (Å²) in [7, 11) is 0. The molecule has 1 saturated heterocycles. The molecule has 31 heavy (non-hydrogen) atoms. The number of carbonyl (C=O) groups excluding carboxylic acids is 3. The number of rotatable bonds is 6. The Kier molecular flexibility index (Phi) is 7.45. The lowest BCUT2D eigenvalue weighted by molar-refractivity contribution is -0.186. The number of ether oxygens (including phenoxy) is 4. The van der Waals surface area contributed by atoms with Crippen molar-refractivity contribution in [3.8, 4) is 17.0 Å². The molecule has 0 aliphatic carbocycles. The molecule has 0 amide bonds. The summed E-state index contributed by atoms with van der Waals surface area (Å²) in [4.78, 5) is 43.3. The molecule has 10 heteroatoms. The van der Waals surface area contributed by atoms with Gasteiger partial charge in [-0.25, -0.2) is 0 Å². The minimum Gasteiger partial charge on any atom is -0.476 e. The minimum atomic E-state index is -1.00. The van der Waals surface area contributed by atoms with E-state index in [0.717, 1.165) is 5.56 Å². The molecule has 4 atom stereocenters. The second-order valence-corrected chi connectivity index (χ2v) is 7.87. The van der Waals surface area contributed by atoms with E-state index in [9.17, 15) is 14.4 Å². The Bertz CT molecular complexity index is 940. The molecule has 1 aliphatic heterocycles. The standard InChI is InChI=1S/C21H22N2O7S/c1-12(24)27-18-11-31-21(20(29-14(3)26)19(18)28-13(2)25)30-16-6-8-23-17(9-16)15-5-4-7-22-10-15/h4-10,18-21H,11H2,1-3H3/t18-,19+,20-,21+/m1/s1. The molecule has 164 valence electrons. The van der Waals surface area contributed by atoms with Crippen molar-refractivity contribution in [2.24, 2.45) is 0 Å². The van der Waals surface area contributed by atoms with Crippen LogP contribution >= 0.6 is 11.8 Å². The van der Waals surface area contributed by atoms with Crippen LogP contribution in [-0.4, -0.2) is 57.4 Å². The quantitative estimate of drug-likeness (QED) is 0.484. The Labute approximate surface area is 183 Å². The van der Waals surface area contributed by atoms with Crippen LogP contribution in [0.2, 0.25) is 0 Å². The van der Waals surface area contributed by atoms with E-state index in [-0.39, 0.29) is 0 Å². The molecule has 0 bridgehead atoms. The first-order valence-electron chi connectivity index (χ1n) is 9.50. The van der Waals surface area contributed by atoms with Crippen molar-refractivity contribution in [2.45, 2.75) is 44.5 Å². The lowest BCUT2D eigenvalue weighted by Crippen LogP contribution is -2.55. The zero-order chi connectivity index (χ0) is 22.4. The Morgan fingerprint density at radius 1 is 0.968 bits per heavy atom. The maximum absolute atomic E-state index is 11.8. The highest BCUT2D eigenvalue weighted by Gasteiger charge is 2.47. The second kappa shape index (κ2) is 10.3. The van der Waals surface area contributed by atoms with Gasteiger partial charge in [0.1, 0.15) is 5.75 Å². The number of hydrogen-bond acceptors (Lipinski definition) is 10. The number of nitrogens with zero attached hydrogens (tertiary/aromatic N) is 2. The zero-order valence-corrected chi connectivity index (χ0v) is 18.0. The van der Waals surface area contributed by atoms with Gasteiger partial charge < -0.3 is 18.9 Å². The van der Waals surface area contributed by atoms with Crippen molar-refractivity contribution in [2.75, 3.05) is 5.75 Å². The van der Waals surface area contributed by atoms with E-state index < -0.39 is 41.7 Å². The van der Waals surface area contributed by atoms with Gasteiger partial charge in [-0.3, -0.25) is 24.4 Å². The summed E-state index contributed by atoms with van der Waals surface area (Å²) in [6.45, 7) is 3.74. The van der Waals surface area contributed by atoms with Gasteiger partial charge >= 0.3 is 17.9 Å². The van der Waals surface area contributed by atoms with Gasteiger partial charge in [0, 0.05) is 56.7 Å². The van der Waals surface area contributed by atoms with Gasteiger partial charge in [0.15, 0.2) is 23.7 Å². The highest BCUT2D eigenvalue weighted by molar-refractivity contribution is 7.99. The van der Waals surface area contributed by atoms with Crippen LogP contribution in [0.15, 0.2) is 42.9 Å². The molecule has 3 heterocycles. The Morgan fingerprint density at radius 2 is 1.68 bits per heavy atom. The summed E-state index contributed by atoms with van der Waals surface area (Å²) in [6, 6.07) is 7.08. The highest BCUT2D eigenvalue weighted by atomic mass is 32.2. The van der Waals surface area contributed by atoms with E-state index in [0.29, 0.717) is 17.2 Å². The van der Waals surface area contributed by atoms with Gasteiger partial charge in [-0.1, -0.05) is 0 Å². The maximum atomic E-state index is 11.8. The Hall–Kier alpha value is -3.14. The largest absolute Gasteiger partial charge is 0.476 e. The molecule has 0 saturated carbocycles. The van der Waals surface area contributed by atoms with Crippen molar-refractivity contribution < 1.29 is 33.3 Å². The topological polar surface area (TPSA) is 114 Å². The predicted octanol–water partition coefficient (Wildman–Crippen LogP) is 2.39. The first-order chi connectivity index (χ1) is 14.8. The van der Waals surface area contributed by atoms with Crippen LogP contribution in [0.25, 0.3) is 11.3 Å². The maximum Gasteiger partial charge on any atom is 0.303 e. The molecule has 1 aliphatic rings. The van der Waals surface area contributed by atoms with E-state index in [2.05, 4.69) is 9.97 Å². The van der Waals surface area contributed by atoms with Crippen molar-refractivity contribution in [3.05, 3.63) is 42.9 Å². The molecule has 3 rings (SSSR count). The fraction of sp³-hybridized carbons (Fsp3) is 0.381. The van der Waals surface area contributed by atoms with E-state index in [1.165, 1.54) is 32.5 Å². The minimum absolute atomic E-state index is 0.292. The normalized spacial score (nSPS) is 22.8. The summed E-state index contributed by atoms with van der Waals surface area (Å²) in [5.74, 6) is -0.922. The predicted molar refractivity (Wildman–Crippen MR) is 111 cm³/mol. The highest BCUT2D eigenvalue weighted by Crippen LogP contribution is 2.34. The molecule has 0 aromatic carbocycles. The third kappa shape index (κ3) is 6.17. The number of hydrogen-bond donors (Lipinski definition) is 0. The van der Waals surface area contributed by atoms with Gasteiger partial charge in [-0.2, -0.15) is 0 Å². The molecule has 9 nitrogen and oxygen atoms in total. The lowest BCUT2D eigenvalue weighted by Gasteiger charge is -2.39. The van der Waals surface area contributed by atoms with Gasteiger partial charge in [0.2, 0.25) is 0 Å². The van der Waals surface area contributed by atoms with Crippen LogP contribution in [0.4, 0.5) is 0 Å². The molecule has 0 N–H and O–H groups in total. The number of esters is 3. The zero-order valence-electron chi connectivity index (χ0n) is 17.2. The van der Waals surface area contributed by atoms with Crippen LogP contribution in [0.3, 0.4) is 0 Å². The van der Waals surface area contributed by atoms with Crippen molar-refractivity contribution in [1.29, 1.82) is 0 Å². The second-order valence-electron chi connectivity index (χ2n) is 6.73. The number of pyridine rings is 2. The van der Waals surface area contributed by atoms with E-state index >= 15 is 0 Å². The average Bonchev–Trinajstić information content (AvgIpc) is 2.72. The fourth-order valence-corrected chi connectivity index (χ4v) is 4.32. The van der Waals surface area contributed by atoms with Crippen LogP contribution < -0.4 is 4.74 Å². The summed E-state index contributed by atoms with van der Waals surface area (Å²) in [5.41, 5.74) is 0.766. The van der Waals surface area contributed by atoms with Gasteiger partial charge in [0.05, 0.1) is 5.69 Å². The van der Waals surface area contributed by atoms with Gasteiger partial charge in [-0.05, 0) is 18.2 Å². The third-order valence-electron chi connectivity index (χ3n) is 4.25. The molecular formula is C21H22N2O7S. The molecule has 1 fully saturated rings. The van der Waals surface area contributed by atoms with Crippen LogP contribution in [-0.2, 0) is 28.6 Å².